The van der Waals surface area contributed by atoms with Crippen LogP contribution in [0.5, 0.6) is 11.5 Å². The molecule has 1 spiro atoms. The van der Waals surface area contributed by atoms with Gasteiger partial charge in [0.15, 0.2) is 0 Å². The lowest BCUT2D eigenvalue weighted by atomic mass is 9.58. The van der Waals surface area contributed by atoms with Crippen molar-refractivity contribution in [1.29, 1.82) is 0 Å². The first-order chi connectivity index (χ1) is 28.2. The van der Waals surface area contributed by atoms with Crippen LogP contribution in [0.2, 0.25) is 0 Å². The zero-order chi connectivity index (χ0) is 37.5. The molecule has 1 aliphatic heterocycles. The van der Waals surface area contributed by atoms with Crippen molar-refractivity contribution in [2.75, 3.05) is 4.90 Å². The van der Waals surface area contributed by atoms with Crippen LogP contribution in [0, 0.1) is 0 Å². The SMILES string of the molecule is c1ccc(-c2ccc3cc(N(c4ccc5c(c4)C4(c6ccccc6O5)c5ccccc5-c5cccc6cccc4c56)c4ccc5ccccc5c4)ccc3c2)cc1. The summed E-state index contributed by atoms with van der Waals surface area (Å²) < 4.78 is 6.89. The molecule has 10 aromatic carbocycles. The van der Waals surface area contributed by atoms with Crippen LogP contribution in [0.3, 0.4) is 0 Å². The summed E-state index contributed by atoms with van der Waals surface area (Å²) in [6.07, 6.45) is 0. The summed E-state index contributed by atoms with van der Waals surface area (Å²) in [7, 11) is 0. The molecule has 12 rings (SSSR count). The number of benzene rings is 10. The number of ether oxygens (including phenoxy) is 1. The van der Waals surface area contributed by atoms with Crippen molar-refractivity contribution < 1.29 is 4.74 Å². The minimum atomic E-state index is -0.628. The third kappa shape index (κ3) is 4.71. The second-order valence-corrected chi connectivity index (χ2v) is 15.3. The summed E-state index contributed by atoms with van der Waals surface area (Å²) in [4.78, 5) is 2.41. The fraction of sp³-hybridized carbons (Fsp3) is 0.0182. The third-order valence-corrected chi connectivity index (χ3v) is 12.2. The Morgan fingerprint density at radius 3 is 1.74 bits per heavy atom. The molecule has 0 saturated carbocycles. The molecule has 1 heterocycles. The Morgan fingerprint density at radius 1 is 0.316 bits per heavy atom. The predicted molar refractivity (Wildman–Crippen MR) is 236 cm³/mol. The molecule has 266 valence electrons. The summed E-state index contributed by atoms with van der Waals surface area (Å²) in [6.45, 7) is 0. The highest BCUT2D eigenvalue weighted by molar-refractivity contribution is 6.05. The number of hydrogen-bond donors (Lipinski definition) is 0. The molecule has 0 aromatic heterocycles. The highest BCUT2D eigenvalue weighted by Crippen LogP contribution is 2.61. The second kappa shape index (κ2) is 12.3. The molecule has 2 heteroatoms. The van der Waals surface area contributed by atoms with E-state index in [4.69, 9.17) is 4.74 Å². The van der Waals surface area contributed by atoms with E-state index in [-0.39, 0.29) is 0 Å². The Morgan fingerprint density at radius 2 is 0.877 bits per heavy atom. The molecule has 1 aliphatic carbocycles. The van der Waals surface area contributed by atoms with Crippen LogP contribution in [0.4, 0.5) is 17.1 Å². The van der Waals surface area contributed by atoms with E-state index >= 15 is 0 Å². The van der Waals surface area contributed by atoms with Crippen LogP contribution in [0.1, 0.15) is 22.3 Å². The van der Waals surface area contributed by atoms with Gasteiger partial charge in [-0.15, -0.1) is 0 Å². The molecule has 0 radical (unpaired) electrons. The van der Waals surface area contributed by atoms with E-state index in [1.54, 1.807) is 0 Å². The van der Waals surface area contributed by atoms with E-state index in [0.717, 1.165) is 39.7 Å². The van der Waals surface area contributed by atoms with Crippen molar-refractivity contribution in [3.63, 3.8) is 0 Å². The maximum atomic E-state index is 6.89. The fourth-order valence-electron chi connectivity index (χ4n) is 9.76. The average Bonchev–Trinajstić information content (AvgIpc) is 3.28. The molecule has 0 bridgehead atoms. The molecule has 0 fully saturated rings. The lowest BCUT2D eigenvalue weighted by Gasteiger charge is -2.45. The molecular formula is C55H35NO. The molecule has 1 atom stereocenters. The Kier molecular flexibility index (Phi) is 6.88. The molecule has 2 nitrogen and oxygen atoms in total. The van der Waals surface area contributed by atoms with Gasteiger partial charge in [-0.25, -0.2) is 0 Å². The highest BCUT2D eigenvalue weighted by Gasteiger charge is 2.49. The first kappa shape index (κ1) is 31.9. The van der Waals surface area contributed by atoms with Crippen LogP contribution in [-0.4, -0.2) is 0 Å². The van der Waals surface area contributed by atoms with Crippen molar-refractivity contribution in [2.45, 2.75) is 5.41 Å². The zero-order valence-corrected chi connectivity index (χ0v) is 31.1. The molecule has 0 saturated heterocycles. The lowest BCUT2D eigenvalue weighted by molar-refractivity contribution is 0.435. The summed E-state index contributed by atoms with van der Waals surface area (Å²) in [5.74, 6) is 1.76. The van der Waals surface area contributed by atoms with Gasteiger partial charge in [0, 0.05) is 28.2 Å². The van der Waals surface area contributed by atoms with Gasteiger partial charge in [-0.05, 0) is 120 Å². The van der Waals surface area contributed by atoms with Gasteiger partial charge in [0.25, 0.3) is 0 Å². The molecular weight excluding hydrogens is 691 g/mol. The Hall–Kier alpha value is -7.42. The van der Waals surface area contributed by atoms with Gasteiger partial charge in [0.2, 0.25) is 0 Å². The largest absolute Gasteiger partial charge is 0.457 e. The standard InChI is InChI=1S/C55H35NO/c1-2-12-36(13-3-1)40-24-25-42-34-44(29-27-41(42)32-40)56(43-28-26-37-14-4-5-15-39(37)33-43)45-30-31-53-51(35-45)55(49-21-8-9-23-52(49)57-53)48-20-7-6-18-46(48)47-19-10-16-38-17-11-22-50(55)54(38)47/h1-35H. The monoisotopic (exact) mass is 725 g/mol. The van der Waals surface area contributed by atoms with Gasteiger partial charge in [-0.2, -0.15) is 0 Å². The summed E-state index contributed by atoms with van der Waals surface area (Å²) in [6, 6.07) is 77.6. The third-order valence-electron chi connectivity index (χ3n) is 12.2. The first-order valence-corrected chi connectivity index (χ1v) is 19.7. The van der Waals surface area contributed by atoms with Crippen LogP contribution in [-0.2, 0) is 5.41 Å². The quantitative estimate of drug-likeness (QED) is 0.179. The summed E-state index contributed by atoms with van der Waals surface area (Å²) in [5.41, 5.74) is 12.4. The molecule has 2 aliphatic rings. The number of hydrogen-bond acceptors (Lipinski definition) is 2. The Balaban J connectivity index is 1.12. The van der Waals surface area contributed by atoms with Crippen molar-refractivity contribution in [2.24, 2.45) is 0 Å². The van der Waals surface area contributed by atoms with Crippen LogP contribution in [0.25, 0.3) is 54.6 Å². The topological polar surface area (TPSA) is 12.5 Å². The van der Waals surface area contributed by atoms with Gasteiger partial charge in [-0.1, -0.05) is 158 Å². The maximum absolute atomic E-state index is 6.89. The van der Waals surface area contributed by atoms with E-state index < -0.39 is 5.41 Å². The van der Waals surface area contributed by atoms with Gasteiger partial charge < -0.3 is 9.64 Å². The predicted octanol–water partition coefficient (Wildman–Crippen LogP) is 14.8. The first-order valence-electron chi connectivity index (χ1n) is 19.7. The minimum absolute atomic E-state index is 0.628. The number of anilines is 3. The van der Waals surface area contributed by atoms with Gasteiger partial charge in [0.05, 0.1) is 5.41 Å². The van der Waals surface area contributed by atoms with Crippen LogP contribution in [0.15, 0.2) is 212 Å². The zero-order valence-electron chi connectivity index (χ0n) is 31.1. The van der Waals surface area contributed by atoms with E-state index in [9.17, 15) is 0 Å². The van der Waals surface area contributed by atoms with E-state index in [2.05, 4.69) is 217 Å². The molecule has 57 heavy (non-hydrogen) atoms. The van der Waals surface area contributed by atoms with Crippen molar-refractivity contribution in [1.82, 2.24) is 0 Å². The van der Waals surface area contributed by atoms with Crippen molar-refractivity contribution in [3.8, 4) is 33.8 Å². The Labute approximate surface area is 331 Å². The molecule has 10 aromatic rings. The van der Waals surface area contributed by atoms with Crippen molar-refractivity contribution >= 4 is 49.4 Å². The number of nitrogens with zero attached hydrogens (tertiary/aromatic N) is 1. The van der Waals surface area contributed by atoms with Crippen LogP contribution >= 0.6 is 0 Å². The second-order valence-electron chi connectivity index (χ2n) is 15.3. The normalized spacial score (nSPS) is 14.9. The fourth-order valence-corrected chi connectivity index (χ4v) is 9.76. The Bertz CT molecular complexity index is 3230. The molecule has 0 amide bonds. The molecule has 0 N–H and O–H groups in total. The van der Waals surface area contributed by atoms with Crippen molar-refractivity contribution in [3.05, 3.63) is 235 Å². The lowest BCUT2D eigenvalue weighted by Crippen LogP contribution is -2.36. The minimum Gasteiger partial charge on any atom is -0.457 e. The van der Waals surface area contributed by atoms with E-state index in [1.165, 1.54) is 65.7 Å². The van der Waals surface area contributed by atoms with E-state index in [0.29, 0.717) is 0 Å². The summed E-state index contributed by atoms with van der Waals surface area (Å²) in [5, 5.41) is 7.35. The summed E-state index contributed by atoms with van der Waals surface area (Å²) >= 11 is 0. The van der Waals surface area contributed by atoms with Crippen LogP contribution < -0.4 is 9.64 Å². The number of para-hydroxylation sites is 1. The maximum Gasteiger partial charge on any atom is 0.132 e. The average molecular weight is 726 g/mol. The van der Waals surface area contributed by atoms with Gasteiger partial charge >= 0.3 is 0 Å². The molecule has 1 unspecified atom stereocenters. The number of rotatable bonds is 4. The van der Waals surface area contributed by atoms with Gasteiger partial charge in [-0.3, -0.25) is 0 Å². The van der Waals surface area contributed by atoms with E-state index in [1.807, 2.05) is 0 Å². The highest BCUT2D eigenvalue weighted by atomic mass is 16.5. The number of fused-ring (bicyclic) bond motifs is 10. The van der Waals surface area contributed by atoms with Gasteiger partial charge in [0.1, 0.15) is 11.5 Å². The smallest absolute Gasteiger partial charge is 0.132 e.